The van der Waals surface area contributed by atoms with Crippen LogP contribution in [0.4, 0.5) is 0 Å². The Hall–Kier alpha value is -1.88. The molecule has 0 bridgehead atoms. The molecule has 142 valence electrons. The van der Waals surface area contributed by atoms with Crippen molar-refractivity contribution in [1.29, 1.82) is 0 Å². The predicted molar refractivity (Wildman–Crippen MR) is 130 cm³/mol. The molecule has 28 heavy (non-hydrogen) atoms. The fraction of sp³-hybridized carbons (Fsp3) is 0.200. The molecule has 0 atom stereocenters. The minimum Gasteiger partial charge on any atom is -0.171 e. The zero-order valence-electron chi connectivity index (χ0n) is 17.1. The number of benzene rings is 3. The van der Waals surface area contributed by atoms with E-state index < -0.39 is 14.5 Å². The SMILES string of the molecule is C[Si](C)(Cl)[Si](C)(C)C1=CCc2c1cccc2-c1ccccc1-c1ccccc1. The van der Waals surface area contributed by atoms with Gasteiger partial charge in [-0.25, -0.2) is 0 Å². The number of fused-ring (bicyclic) bond motifs is 1. The van der Waals surface area contributed by atoms with Gasteiger partial charge in [0.1, 0.15) is 6.90 Å². The van der Waals surface area contributed by atoms with Crippen molar-refractivity contribution in [3.63, 3.8) is 0 Å². The smallest absolute Gasteiger partial charge is 0.146 e. The van der Waals surface area contributed by atoms with Crippen LogP contribution < -0.4 is 0 Å². The molecule has 0 radical (unpaired) electrons. The van der Waals surface area contributed by atoms with Gasteiger partial charge in [0.2, 0.25) is 0 Å². The molecule has 1 aliphatic carbocycles. The molecule has 0 heterocycles. The third-order valence-electron chi connectivity index (χ3n) is 6.44. The fourth-order valence-electron chi connectivity index (χ4n) is 4.12. The van der Waals surface area contributed by atoms with Crippen LogP contribution in [0, 0.1) is 0 Å². The number of rotatable bonds is 4. The second kappa shape index (κ2) is 7.18. The summed E-state index contributed by atoms with van der Waals surface area (Å²) in [6, 6.07) is 26.3. The number of hydrogen-bond acceptors (Lipinski definition) is 0. The Labute approximate surface area is 175 Å². The van der Waals surface area contributed by atoms with E-state index in [4.69, 9.17) is 11.1 Å². The van der Waals surface area contributed by atoms with Crippen LogP contribution in [-0.4, -0.2) is 14.5 Å². The van der Waals surface area contributed by atoms with Crippen LogP contribution in [0.1, 0.15) is 11.1 Å². The Bertz CT molecular complexity index is 1040. The number of allylic oxidation sites excluding steroid dienone is 1. The molecule has 0 unspecified atom stereocenters. The molecule has 0 aliphatic heterocycles. The maximum atomic E-state index is 6.99. The second-order valence-electron chi connectivity index (χ2n) is 8.66. The van der Waals surface area contributed by atoms with E-state index in [0.29, 0.717) is 0 Å². The van der Waals surface area contributed by atoms with Crippen LogP contribution in [-0.2, 0) is 6.42 Å². The van der Waals surface area contributed by atoms with E-state index in [1.54, 1.807) is 5.20 Å². The summed E-state index contributed by atoms with van der Waals surface area (Å²) < 4.78 is 0. The van der Waals surface area contributed by atoms with E-state index in [0.717, 1.165) is 6.42 Å². The summed E-state index contributed by atoms with van der Waals surface area (Å²) >= 11 is 6.99. The number of halogens is 1. The molecule has 0 aromatic heterocycles. The highest BCUT2D eigenvalue weighted by atomic mass is 35.6. The first-order valence-corrected chi connectivity index (χ1v) is 18.0. The second-order valence-corrected chi connectivity index (χ2v) is 26.7. The van der Waals surface area contributed by atoms with Crippen molar-refractivity contribution < 1.29 is 0 Å². The van der Waals surface area contributed by atoms with Crippen LogP contribution in [0.15, 0.2) is 78.9 Å². The fourth-order valence-corrected chi connectivity index (χ4v) is 9.83. The Morgan fingerprint density at radius 2 is 1.21 bits per heavy atom. The van der Waals surface area contributed by atoms with E-state index in [1.807, 2.05) is 0 Å². The molecule has 0 N–H and O–H groups in total. The van der Waals surface area contributed by atoms with Gasteiger partial charge in [-0.05, 0) is 39.8 Å². The molecule has 3 heteroatoms. The standard InChI is InChI=1S/C25H27ClSi2/c1-27(2,28(3,4)26)25-18-17-23-22(15-10-16-24(23)25)21-14-9-8-13-20(21)19-11-6-5-7-12-19/h5-16,18H,17H2,1-4H3. The lowest BCUT2D eigenvalue weighted by Gasteiger charge is -2.34. The van der Waals surface area contributed by atoms with Crippen LogP contribution in [0.5, 0.6) is 0 Å². The topological polar surface area (TPSA) is 0 Å². The quantitative estimate of drug-likeness (QED) is 0.300. The summed E-state index contributed by atoms with van der Waals surface area (Å²) in [7, 11) is -1.66. The summed E-state index contributed by atoms with van der Waals surface area (Å²) in [6.45, 7) is 7.80. The summed E-state index contributed by atoms with van der Waals surface area (Å²) in [6.07, 6.45) is 3.49. The van der Waals surface area contributed by atoms with Crippen LogP contribution in [0.3, 0.4) is 0 Å². The summed E-state index contributed by atoms with van der Waals surface area (Å²) in [5.74, 6) is 0. The molecule has 0 saturated heterocycles. The van der Waals surface area contributed by atoms with Gasteiger partial charge in [-0.1, -0.05) is 110 Å². The Morgan fingerprint density at radius 3 is 1.89 bits per heavy atom. The van der Waals surface area contributed by atoms with Crippen molar-refractivity contribution in [2.45, 2.75) is 32.6 Å². The highest BCUT2D eigenvalue weighted by Gasteiger charge is 2.44. The lowest BCUT2D eigenvalue weighted by molar-refractivity contribution is 1.31. The number of hydrogen-bond donors (Lipinski definition) is 0. The summed E-state index contributed by atoms with van der Waals surface area (Å²) in [5, 5.41) is 1.56. The minimum absolute atomic E-state index is 1.02. The molecule has 0 spiro atoms. The summed E-state index contributed by atoms with van der Waals surface area (Å²) in [4.78, 5) is 0. The molecule has 0 saturated carbocycles. The van der Waals surface area contributed by atoms with Gasteiger partial charge in [0.25, 0.3) is 0 Å². The van der Waals surface area contributed by atoms with E-state index in [1.165, 1.54) is 33.4 Å². The molecule has 3 aromatic carbocycles. The van der Waals surface area contributed by atoms with Crippen molar-refractivity contribution in [2.24, 2.45) is 0 Å². The maximum absolute atomic E-state index is 6.99. The van der Waals surface area contributed by atoms with Crippen molar-refractivity contribution in [2.75, 3.05) is 0 Å². The van der Waals surface area contributed by atoms with Crippen molar-refractivity contribution in [3.05, 3.63) is 90.0 Å². The van der Waals surface area contributed by atoms with Gasteiger partial charge < -0.3 is 0 Å². The monoisotopic (exact) mass is 418 g/mol. The van der Waals surface area contributed by atoms with Gasteiger partial charge in [0.05, 0.1) is 7.59 Å². The van der Waals surface area contributed by atoms with E-state index in [2.05, 4.69) is 105 Å². The van der Waals surface area contributed by atoms with Gasteiger partial charge >= 0.3 is 0 Å². The molecule has 4 rings (SSSR count). The zero-order chi connectivity index (χ0) is 19.9. The summed E-state index contributed by atoms with van der Waals surface area (Å²) in [5.41, 5.74) is 8.16. The van der Waals surface area contributed by atoms with Crippen LogP contribution >= 0.6 is 11.1 Å². The van der Waals surface area contributed by atoms with E-state index in [-0.39, 0.29) is 0 Å². The first kappa shape index (κ1) is 19.4. The van der Waals surface area contributed by atoms with Gasteiger partial charge in [0.15, 0.2) is 0 Å². The van der Waals surface area contributed by atoms with E-state index >= 15 is 0 Å². The van der Waals surface area contributed by atoms with Gasteiger partial charge in [-0.3, -0.25) is 0 Å². The molecule has 3 aromatic rings. The molecule has 0 amide bonds. The third kappa shape index (κ3) is 3.24. The molecule has 1 aliphatic rings. The lowest BCUT2D eigenvalue weighted by atomic mass is 9.90. The molecule has 0 fully saturated rings. The molecular formula is C25H27ClSi2. The van der Waals surface area contributed by atoms with Crippen LogP contribution in [0.25, 0.3) is 27.5 Å². The van der Waals surface area contributed by atoms with Gasteiger partial charge in [-0.2, -0.15) is 11.1 Å². The Kier molecular flexibility index (Phi) is 4.99. The van der Waals surface area contributed by atoms with Gasteiger partial charge in [-0.15, -0.1) is 0 Å². The van der Waals surface area contributed by atoms with Crippen molar-refractivity contribution in [3.8, 4) is 22.3 Å². The predicted octanol–water partition coefficient (Wildman–Crippen LogP) is 7.73. The Morgan fingerprint density at radius 1 is 0.643 bits per heavy atom. The molecular weight excluding hydrogens is 392 g/mol. The lowest BCUT2D eigenvalue weighted by Crippen LogP contribution is -2.51. The average molecular weight is 419 g/mol. The zero-order valence-corrected chi connectivity index (χ0v) is 19.8. The average Bonchev–Trinajstić information content (AvgIpc) is 3.13. The van der Waals surface area contributed by atoms with Crippen LogP contribution in [0.2, 0.25) is 26.2 Å². The molecule has 0 nitrogen and oxygen atoms in total. The largest absolute Gasteiger partial charge is 0.171 e. The van der Waals surface area contributed by atoms with Gasteiger partial charge in [0, 0.05) is 0 Å². The van der Waals surface area contributed by atoms with Crippen molar-refractivity contribution >= 4 is 30.8 Å². The first-order valence-electron chi connectivity index (χ1n) is 9.97. The normalized spacial score (nSPS) is 14.0. The van der Waals surface area contributed by atoms with E-state index in [9.17, 15) is 0 Å². The highest BCUT2D eigenvalue weighted by molar-refractivity contribution is 7.62. The highest BCUT2D eigenvalue weighted by Crippen LogP contribution is 2.44. The third-order valence-corrected chi connectivity index (χ3v) is 25.2. The Balaban J connectivity index is 1.86. The van der Waals surface area contributed by atoms with Crippen molar-refractivity contribution in [1.82, 2.24) is 0 Å². The first-order chi connectivity index (χ1) is 13.3. The minimum atomic E-state index is -1.74. The maximum Gasteiger partial charge on any atom is 0.146 e.